The summed E-state index contributed by atoms with van der Waals surface area (Å²) in [4.78, 5) is 38.3. The molecule has 6 nitrogen and oxygen atoms in total. The molecule has 0 radical (unpaired) electrons. The third-order valence-corrected chi connectivity index (χ3v) is 14.0. The van der Waals surface area contributed by atoms with Crippen LogP contribution in [-0.4, -0.2) is 37.2 Å². The van der Waals surface area contributed by atoms with Crippen molar-refractivity contribution in [1.82, 2.24) is 0 Å². The topological polar surface area (TPSA) is 78.9 Å². The molecule has 1 atom stereocenters. The van der Waals surface area contributed by atoms with Crippen LogP contribution in [0.3, 0.4) is 0 Å². The summed E-state index contributed by atoms with van der Waals surface area (Å²) in [7, 11) is 0. The van der Waals surface area contributed by atoms with Gasteiger partial charge in [0.2, 0.25) is 0 Å². The summed E-state index contributed by atoms with van der Waals surface area (Å²) in [5.74, 6) is -0.890. The Bertz CT molecular complexity index is 1310. The summed E-state index contributed by atoms with van der Waals surface area (Å²) in [6.07, 6.45) is 77.9. The van der Waals surface area contributed by atoms with Gasteiger partial charge in [-0.15, -0.1) is 0 Å². The highest BCUT2D eigenvalue weighted by molar-refractivity contribution is 5.71. The van der Waals surface area contributed by atoms with Gasteiger partial charge >= 0.3 is 17.9 Å². The van der Waals surface area contributed by atoms with Gasteiger partial charge in [0, 0.05) is 19.3 Å². The zero-order chi connectivity index (χ0) is 52.9. The van der Waals surface area contributed by atoms with E-state index in [2.05, 4.69) is 81.5 Å². The van der Waals surface area contributed by atoms with Gasteiger partial charge in [0.25, 0.3) is 0 Å². The van der Waals surface area contributed by atoms with Crippen LogP contribution in [0.15, 0.2) is 60.8 Å². The van der Waals surface area contributed by atoms with Crippen LogP contribution in [0.2, 0.25) is 0 Å². The van der Waals surface area contributed by atoms with E-state index in [1.54, 1.807) is 0 Å². The molecule has 0 aromatic rings. The predicted octanol–water partition coefficient (Wildman–Crippen LogP) is 21.6. The second-order valence-corrected chi connectivity index (χ2v) is 21.3. The van der Waals surface area contributed by atoms with Crippen molar-refractivity contribution in [2.24, 2.45) is 0 Å². The first-order chi connectivity index (χ1) is 36.0. The molecular weight excluding hydrogens is 901 g/mol. The van der Waals surface area contributed by atoms with Gasteiger partial charge < -0.3 is 14.2 Å². The molecule has 0 rings (SSSR count). The highest BCUT2D eigenvalue weighted by atomic mass is 16.6. The summed E-state index contributed by atoms with van der Waals surface area (Å²) in [5, 5.41) is 0. The lowest BCUT2D eigenvalue weighted by Gasteiger charge is -2.18. The van der Waals surface area contributed by atoms with Crippen molar-refractivity contribution in [3.05, 3.63) is 60.8 Å². The maximum atomic E-state index is 12.9. The highest BCUT2D eigenvalue weighted by Crippen LogP contribution is 2.17. The number of carbonyl (C=O) groups excluding carboxylic acids is 3. The molecule has 0 bridgehead atoms. The molecule has 0 aromatic heterocycles. The van der Waals surface area contributed by atoms with E-state index >= 15 is 0 Å². The lowest BCUT2D eigenvalue weighted by atomic mass is 10.0. The third kappa shape index (κ3) is 59.9. The summed E-state index contributed by atoms with van der Waals surface area (Å²) >= 11 is 0. The SMILES string of the molecule is CCCCCC/C=C\C/C=C\CCCCCCCC(=O)OCC(COC(=O)CCCCCCCC/C=C\C/C=C\C/C=C\CCCCCCC)OC(=O)CCCCCCCCCCCCCCCCCCCC. The third-order valence-electron chi connectivity index (χ3n) is 14.0. The van der Waals surface area contributed by atoms with E-state index in [9.17, 15) is 14.4 Å². The molecule has 0 saturated heterocycles. The summed E-state index contributed by atoms with van der Waals surface area (Å²) in [6, 6.07) is 0. The number of allylic oxidation sites excluding steroid dienone is 10. The average Bonchev–Trinajstić information content (AvgIpc) is 3.39. The van der Waals surface area contributed by atoms with Crippen LogP contribution in [0.25, 0.3) is 0 Å². The fraction of sp³-hybridized carbons (Fsp3) is 0.806. The van der Waals surface area contributed by atoms with Crippen LogP contribution in [0.5, 0.6) is 0 Å². The van der Waals surface area contributed by atoms with Gasteiger partial charge in [0.15, 0.2) is 6.10 Å². The van der Waals surface area contributed by atoms with Crippen LogP contribution >= 0.6 is 0 Å². The minimum absolute atomic E-state index is 0.0830. The number of unbranched alkanes of at least 4 members (excludes halogenated alkanes) is 37. The second-order valence-electron chi connectivity index (χ2n) is 21.3. The summed E-state index contributed by atoms with van der Waals surface area (Å²) in [5.41, 5.74) is 0. The first kappa shape index (κ1) is 70.1. The van der Waals surface area contributed by atoms with Crippen molar-refractivity contribution in [2.45, 2.75) is 335 Å². The van der Waals surface area contributed by atoms with Gasteiger partial charge in [0.05, 0.1) is 0 Å². The first-order valence-electron chi connectivity index (χ1n) is 31.8. The first-order valence-corrected chi connectivity index (χ1v) is 31.8. The second kappa shape index (κ2) is 61.7. The quantitative estimate of drug-likeness (QED) is 0.0261. The van der Waals surface area contributed by atoms with Crippen molar-refractivity contribution in [3.63, 3.8) is 0 Å². The van der Waals surface area contributed by atoms with Crippen molar-refractivity contribution in [1.29, 1.82) is 0 Å². The van der Waals surface area contributed by atoms with E-state index in [-0.39, 0.29) is 31.1 Å². The Kier molecular flexibility index (Phi) is 59.2. The van der Waals surface area contributed by atoms with Crippen molar-refractivity contribution >= 4 is 17.9 Å². The number of esters is 3. The molecule has 73 heavy (non-hydrogen) atoms. The maximum Gasteiger partial charge on any atom is 0.306 e. The minimum atomic E-state index is -0.785. The molecule has 0 N–H and O–H groups in total. The van der Waals surface area contributed by atoms with Gasteiger partial charge in [-0.3, -0.25) is 14.4 Å². The Balaban J connectivity index is 4.39. The Morgan fingerprint density at radius 1 is 0.274 bits per heavy atom. The van der Waals surface area contributed by atoms with E-state index in [1.165, 1.54) is 193 Å². The molecule has 6 heteroatoms. The Morgan fingerprint density at radius 3 is 0.781 bits per heavy atom. The lowest BCUT2D eigenvalue weighted by Crippen LogP contribution is -2.30. The Hall–Kier alpha value is -2.89. The fourth-order valence-electron chi connectivity index (χ4n) is 9.19. The molecule has 0 aromatic carbocycles. The fourth-order valence-corrected chi connectivity index (χ4v) is 9.19. The molecule has 0 heterocycles. The molecule has 0 amide bonds. The molecular formula is C67H120O6. The van der Waals surface area contributed by atoms with Gasteiger partial charge in [-0.1, -0.05) is 281 Å². The van der Waals surface area contributed by atoms with Crippen molar-refractivity contribution in [3.8, 4) is 0 Å². The van der Waals surface area contributed by atoms with E-state index in [0.717, 1.165) is 96.3 Å². The predicted molar refractivity (Wildman–Crippen MR) is 316 cm³/mol. The molecule has 0 spiro atoms. The average molecular weight is 1020 g/mol. The molecule has 0 aliphatic rings. The molecule has 1 unspecified atom stereocenters. The number of ether oxygens (including phenoxy) is 3. The monoisotopic (exact) mass is 1020 g/mol. The normalized spacial score (nSPS) is 12.4. The van der Waals surface area contributed by atoms with Crippen LogP contribution in [-0.2, 0) is 28.6 Å². The lowest BCUT2D eigenvalue weighted by molar-refractivity contribution is -0.167. The number of hydrogen-bond acceptors (Lipinski definition) is 6. The minimum Gasteiger partial charge on any atom is -0.462 e. The van der Waals surface area contributed by atoms with Crippen molar-refractivity contribution < 1.29 is 28.6 Å². The molecule has 424 valence electrons. The van der Waals surface area contributed by atoms with E-state index in [1.807, 2.05) is 0 Å². The number of rotatable bonds is 58. The molecule has 0 saturated carbocycles. The Morgan fingerprint density at radius 2 is 0.493 bits per heavy atom. The number of hydrogen-bond donors (Lipinski definition) is 0. The standard InChI is InChI=1S/C67H120O6/c1-4-7-10-13-16-19-22-25-28-31-33-34-35-37-39-42-45-48-51-54-57-60-66(69)72-63-64(62-71-65(68)59-56-53-50-47-44-41-38-30-27-24-21-18-15-12-9-6-3)73-67(70)61-58-55-52-49-46-43-40-36-32-29-26-23-20-17-14-11-8-5-2/h21-22,24-25,30-31,33,35,37-38,64H,4-20,23,26-29,32,34,36,39-63H2,1-3H3/b24-21-,25-22-,33-31-,37-35-,38-30-. The largest absolute Gasteiger partial charge is 0.462 e. The van der Waals surface area contributed by atoms with E-state index < -0.39 is 6.10 Å². The summed E-state index contributed by atoms with van der Waals surface area (Å²) in [6.45, 7) is 6.63. The number of carbonyl (C=O) groups is 3. The van der Waals surface area contributed by atoms with Crippen LogP contribution < -0.4 is 0 Å². The van der Waals surface area contributed by atoms with Gasteiger partial charge in [-0.05, 0) is 89.9 Å². The van der Waals surface area contributed by atoms with Crippen LogP contribution in [0.1, 0.15) is 329 Å². The van der Waals surface area contributed by atoms with Gasteiger partial charge in [-0.25, -0.2) is 0 Å². The molecule has 0 aliphatic heterocycles. The highest BCUT2D eigenvalue weighted by Gasteiger charge is 2.19. The van der Waals surface area contributed by atoms with Crippen LogP contribution in [0.4, 0.5) is 0 Å². The van der Waals surface area contributed by atoms with E-state index in [4.69, 9.17) is 14.2 Å². The van der Waals surface area contributed by atoms with Crippen LogP contribution in [0, 0.1) is 0 Å². The molecule has 0 aliphatic carbocycles. The smallest absolute Gasteiger partial charge is 0.306 e. The maximum absolute atomic E-state index is 12.9. The zero-order valence-corrected chi connectivity index (χ0v) is 48.7. The van der Waals surface area contributed by atoms with Gasteiger partial charge in [0.1, 0.15) is 13.2 Å². The van der Waals surface area contributed by atoms with E-state index in [0.29, 0.717) is 19.3 Å². The van der Waals surface area contributed by atoms with Crippen molar-refractivity contribution in [2.75, 3.05) is 13.2 Å². The summed E-state index contributed by atoms with van der Waals surface area (Å²) < 4.78 is 16.9. The zero-order valence-electron chi connectivity index (χ0n) is 48.7. The van der Waals surface area contributed by atoms with Gasteiger partial charge in [-0.2, -0.15) is 0 Å². The molecule has 0 fully saturated rings. The Labute approximate surface area is 453 Å².